The molecule has 11 heavy (non-hydrogen) atoms. The van der Waals surface area contributed by atoms with Crippen LogP contribution >= 0.6 is 0 Å². The molecule has 1 rings (SSSR count). The van der Waals surface area contributed by atoms with E-state index in [9.17, 15) is 0 Å². The Hall–Kier alpha value is -0.0400. The van der Waals surface area contributed by atoms with Crippen LogP contribution in [0.5, 0.6) is 0 Å². The molecule has 0 saturated carbocycles. The van der Waals surface area contributed by atoms with E-state index in [0.29, 0.717) is 5.54 Å². The van der Waals surface area contributed by atoms with E-state index in [4.69, 9.17) is 0 Å². The van der Waals surface area contributed by atoms with Crippen LogP contribution in [0, 0.1) is 11.8 Å². The molecule has 1 saturated heterocycles. The number of rotatable bonds is 1. The van der Waals surface area contributed by atoms with Crippen LogP contribution in [0.1, 0.15) is 34.1 Å². The number of likely N-dealkylation sites (tertiary alicyclic amines) is 1. The number of hydrogen-bond acceptors (Lipinski definition) is 1. The SMILES string of the molecule is CC(C)C1CCN(C)C1(C)C. The Morgan fingerprint density at radius 2 is 1.91 bits per heavy atom. The predicted molar refractivity (Wildman–Crippen MR) is 49.7 cm³/mol. The molecular weight excluding hydrogens is 134 g/mol. The lowest BCUT2D eigenvalue weighted by molar-refractivity contribution is 0.144. The minimum Gasteiger partial charge on any atom is -0.301 e. The van der Waals surface area contributed by atoms with E-state index in [2.05, 4.69) is 39.6 Å². The maximum Gasteiger partial charge on any atom is 0.0181 e. The van der Waals surface area contributed by atoms with Crippen LogP contribution in [-0.2, 0) is 0 Å². The zero-order valence-corrected chi connectivity index (χ0v) is 8.52. The fraction of sp³-hybridized carbons (Fsp3) is 1.00. The van der Waals surface area contributed by atoms with Gasteiger partial charge in [-0.2, -0.15) is 0 Å². The normalized spacial score (nSPS) is 31.6. The van der Waals surface area contributed by atoms with Crippen molar-refractivity contribution in [2.45, 2.75) is 39.7 Å². The maximum atomic E-state index is 2.48. The summed E-state index contributed by atoms with van der Waals surface area (Å²) in [6.45, 7) is 10.7. The van der Waals surface area contributed by atoms with Gasteiger partial charge in [-0.15, -0.1) is 0 Å². The molecule has 0 N–H and O–H groups in total. The van der Waals surface area contributed by atoms with Gasteiger partial charge in [-0.25, -0.2) is 0 Å². The van der Waals surface area contributed by atoms with E-state index >= 15 is 0 Å². The van der Waals surface area contributed by atoms with Gasteiger partial charge in [0, 0.05) is 5.54 Å². The molecule has 0 spiro atoms. The molecule has 0 aromatic heterocycles. The molecule has 1 heterocycles. The lowest BCUT2D eigenvalue weighted by atomic mass is 9.80. The van der Waals surface area contributed by atoms with Crippen molar-refractivity contribution in [3.63, 3.8) is 0 Å². The predicted octanol–water partition coefficient (Wildman–Crippen LogP) is 2.37. The van der Waals surface area contributed by atoms with Crippen molar-refractivity contribution >= 4 is 0 Å². The first kappa shape index (κ1) is 9.05. The molecule has 1 nitrogen and oxygen atoms in total. The Bertz CT molecular complexity index is 138. The van der Waals surface area contributed by atoms with Crippen LogP contribution in [0.2, 0.25) is 0 Å². The second kappa shape index (κ2) is 2.78. The largest absolute Gasteiger partial charge is 0.301 e. The van der Waals surface area contributed by atoms with E-state index in [1.165, 1.54) is 13.0 Å². The average Bonchev–Trinajstić information content (AvgIpc) is 2.08. The molecule has 0 aliphatic carbocycles. The Balaban J connectivity index is 2.70. The van der Waals surface area contributed by atoms with Crippen LogP contribution in [0.4, 0.5) is 0 Å². The van der Waals surface area contributed by atoms with Crippen molar-refractivity contribution < 1.29 is 0 Å². The van der Waals surface area contributed by atoms with Gasteiger partial charge in [0.15, 0.2) is 0 Å². The molecule has 1 heteroatoms. The highest BCUT2D eigenvalue weighted by atomic mass is 15.2. The third kappa shape index (κ3) is 1.44. The fourth-order valence-corrected chi connectivity index (χ4v) is 2.41. The molecule has 0 aromatic carbocycles. The summed E-state index contributed by atoms with van der Waals surface area (Å²) in [5.74, 6) is 1.71. The first-order valence-electron chi connectivity index (χ1n) is 4.67. The molecule has 0 radical (unpaired) electrons. The van der Waals surface area contributed by atoms with Gasteiger partial charge >= 0.3 is 0 Å². The van der Waals surface area contributed by atoms with E-state index in [1.807, 2.05) is 0 Å². The second-order valence-corrected chi connectivity index (χ2v) is 4.71. The van der Waals surface area contributed by atoms with E-state index in [1.54, 1.807) is 0 Å². The van der Waals surface area contributed by atoms with Gasteiger partial charge in [0.2, 0.25) is 0 Å². The summed E-state index contributed by atoms with van der Waals surface area (Å²) in [6.07, 6.45) is 1.38. The van der Waals surface area contributed by atoms with Crippen molar-refractivity contribution in [2.75, 3.05) is 13.6 Å². The third-order valence-electron chi connectivity index (χ3n) is 3.47. The smallest absolute Gasteiger partial charge is 0.0181 e. The summed E-state index contributed by atoms with van der Waals surface area (Å²) in [5.41, 5.74) is 0.425. The highest BCUT2D eigenvalue weighted by Gasteiger charge is 2.40. The van der Waals surface area contributed by atoms with Crippen LogP contribution in [0.3, 0.4) is 0 Å². The van der Waals surface area contributed by atoms with Gasteiger partial charge in [0.25, 0.3) is 0 Å². The quantitative estimate of drug-likeness (QED) is 0.562. The second-order valence-electron chi connectivity index (χ2n) is 4.71. The van der Waals surface area contributed by atoms with Gasteiger partial charge < -0.3 is 4.90 Å². The number of hydrogen-bond donors (Lipinski definition) is 0. The molecule has 1 aliphatic rings. The Morgan fingerprint density at radius 3 is 2.09 bits per heavy atom. The molecule has 0 bridgehead atoms. The van der Waals surface area contributed by atoms with Gasteiger partial charge in [0.1, 0.15) is 0 Å². The van der Waals surface area contributed by atoms with Crippen molar-refractivity contribution in [1.29, 1.82) is 0 Å². The zero-order chi connectivity index (χ0) is 8.65. The van der Waals surface area contributed by atoms with E-state index in [0.717, 1.165) is 11.8 Å². The first-order chi connectivity index (χ1) is 4.96. The molecule has 66 valence electrons. The highest BCUT2D eigenvalue weighted by molar-refractivity contribution is 4.94. The fourth-order valence-electron chi connectivity index (χ4n) is 2.41. The van der Waals surface area contributed by atoms with Crippen LogP contribution in [0.25, 0.3) is 0 Å². The van der Waals surface area contributed by atoms with Gasteiger partial charge in [-0.3, -0.25) is 0 Å². The van der Waals surface area contributed by atoms with Crippen LogP contribution in [-0.4, -0.2) is 24.0 Å². The zero-order valence-electron chi connectivity index (χ0n) is 8.52. The van der Waals surface area contributed by atoms with Gasteiger partial charge in [-0.1, -0.05) is 13.8 Å². The summed E-state index contributed by atoms with van der Waals surface area (Å²) in [4.78, 5) is 2.48. The van der Waals surface area contributed by atoms with Gasteiger partial charge in [0.05, 0.1) is 0 Å². The Labute approximate surface area is 70.8 Å². The molecule has 0 amide bonds. The third-order valence-corrected chi connectivity index (χ3v) is 3.47. The molecule has 1 unspecified atom stereocenters. The van der Waals surface area contributed by atoms with Crippen molar-refractivity contribution in [3.05, 3.63) is 0 Å². The molecule has 0 aromatic rings. The molecule has 1 aliphatic heterocycles. The summed E-state index contributed by atoms with van der Waals surface area (Å²) >= 11 is 0. The summed E-state index contributed by atoms with van der Waals surface area (Å²) < 4.78 is 0. The molecular formula is C10H21N. The topological polar surface area (TPSA) is 3.24 Å². The van der Waals surface area contributed by atoms with Gasteiger partial charge in [-0.05, 0) is 45.7 Å². The Morgan fingerprint density at radius 1 is 1.36 bits per heavy atom. The molecule has 1 atom stereocenters. The van der Waals surface area contributed by atoms with Crippen molar-refractivity contribution in [3.8, 4) is 0 Å². The first-order valence-corrected chi connectivity index (χ1v) is 4.67. The highest BCUT2D eigenvalue weighted by Crippen LogP contribution is 2.37. The standard InChI is InChI=1S/C10H21N/c1-8(2)9-6-7-11(5)10(9,3)4/h8-9H,6-7H2,1-5H3. The lowest BCUT2D eigenvalue weighted by Crippen LogP contribution is -2.41. The van der Waals surface area contributed by atoms with E-state index < -0.39 is 0 Å². The van der Waals surface area contributed by atoms with E-state index in [-0.39, 0.29) is 0 Å². The summed E-state index contributed by atoms with van der Waals surface area (Å²) in [6, 6.07) is 0. The maximum absolute atomic E-state index is 2.48. The number of nitrogens with zero attached hydrogens (tertiary/aromatic N) is 1. The van der Waals surface area contributed by atoms with Crippen LogP contribution in [0.15, 0.2) is 0 Å². The van der Waals surface area contributed by atoms with Crippen molar-refractivity contribution in [2.24, 2.45) is 11.8 Å². The average molecular weight is 155 g/mol. The van der Waals surface area contributed by atoms with Crippen molar-refractivity contribution in [1.82, 2.24) is 4.90 Å². The lowest BCUT2D eigenvalue weighted by Gasteiger charge is -2.35. The minimum absolute atomic E-state index is 0.425. The Kier molecular flexibility index (Phi) is 2.29. The minimum atomic E-state index is 0.425. The van der Waals surface area contributed by atoms with Crippen LogP contribution < -0.4 is 0 Å². The summed E-state index contributed by atoms with van der Waals surface area (Å²) in [5, 5.41) is 0. The molecule has 1 fully saturated rings. The monoisotopic (exact) mass is 155 g/mol. The summed E-state index contributed by atoms with van der Waals surface area (Å²) in [7, 11) is 2.24.